The fourth-order valence-corrected chi connectivity index (χ4v) is 4.66. The molecule has 2 aliphatic rings. The molecule has 7 nitrogen and oxygen atoms in total. The van der Waals surface area contributed by atoms with Crippen molar-refractivity contribution in [2.45, 2.75) is 45.3 Å². The van der Waals surface area contributed by atoms with Crippen molar-refractivity contribution in [2.75, 3.05) is 45.9 Å². The van der Waals surface area contributed by atoms with Gasteiger partial charge in [-0.25, -0.2) is 4.79 Å². The monoisotopic (exact) mass is 467 g/mol. The van der Waals surface area contributed by atoms with Crippen molar-refractivity contribution >= 4 is 6.03 Å². The van der Waals surface area contributed by atoms with Gasteiger partial charge in [-0.3, -0.25) is 4.90 Å². The van der Waals surface area contributed by atoms with Crippen LogP contribution in [0, 0.1) is 13.8 Å². The Labute approximate surface area is 202 Å². The van der Waals surface area contributed by atoms with Gasteiger partial charge >= 0.3 is 6.03 Å². The number of aliphatic hydroxyl groups is 1. The van der Waals surface area contributed by atoms with Gasteiger partial charge in [0.05, 0.1) is 12.1 Å². The molecule has 4 rings (SSSR count). The summed E-state index contributed by atoms with van der Waals surface area (Å²) in [4.78, 5) is 15.7. The number of ether oxygens (including phenoxy) is 2. The molecule has 1 unspecified atom stereocenters. The molecule has 7 heteroatoms. The summed E-state index contributed by atoms with van der Waals surface area (Å²) in [6.45, 7) is 9.62. The van der Waals surface area contributed by atoms with Gasteiger partial charge in [0.15, 0.2) is 0 Å². The normalized spacial score (nSPS) is 21.3. The van der Waals surface area contributed by atoms with Gasteiger partial charge in [-0.1, -0.05) is 29.8 Å². The molecule has 2 N–H and O–H groups in total. The SMILES string of the molecule is Cc1ccc(OCC2(O)CCCN(Cc3ccc(OCCN4CCNC4=O)cc3)CC2)c(C)c1. The van der Waals surface area contributed by atoms with Crippen LogP contribution in [-0.4, -0.2) is 72.5 Å². The van der Waals surface area contributed by atoms with Crippen LogP contribution in [-0.2, 0) is 6.54 Å². The molecular weight excluding hydrogens is 430 g/mol. The zero-order valence-electron chi connectivity index (χ0n) is 20.4. The van der Waals surface area contributed by atoms with E-state index in [0.29, 0.717) is 32.7 Å². The van der Waals surface area contributed by atoms with Crippen LogP contribution in [0.3, 0.4) is 0 Å². The van der Waals surface area contributed by atoms with Crippen LogP contribution in [0.5, 0.6) is 11.5 Å². The van der Waals surface area contributed by atoms with Crippen molar-refractivity contribution in [3.8, 4) is 11.5 Å². The van der Waals surface area contributed by atoms with E-state index in [1.807, 2.05) is 31.2 Å². The first-order valence-electron chi connectivity index (χ1n) is 12.3. The third kappa shape index (κ3) is 6.64. The first kappa shape index (κ1) is 24.4. The lowest BCUT2D eigenvalue weighted by Crippen LogP contribution is -2.37. The molecule has 2 aromatic carbocycles. The minimum absolute atomic E-state index is 0.0138. The second kappa shape index (κ2) is 11.1. The highest BCUT2D eigenvalue weighted by Crippen LogP contribution is 2.26. The van der Waals surface area contributed by atoms with Crippen molar-refractivity contribution in [2.24, 2.45) is 0 Å². The standard InChI is InChI=1S/C27H37N3O4/c1-21-4-9-25(22(2)18-21)34-20-27(32)10-3-13-29(14-11-27)19-23-5-7-24(8-6-23)33-17-16-30-15-12-28-26(30)31/h4-9,18,32H,3,10-17,19-20H2,1-2H3,(H,28,31). The predicted molar refractivity (Wildman–Crippen MR) is 132 cm³/mol. The smallest absolute Gasteiger partial charge is 0.317 e. The molecule has 0 aliphatic carbocycles. The summed E-state index contributed by atoms with van der Waals surface area (Å²) >= 11 is 0. The highest BCUT2D eigenvalue weighted by Gasteiger charge is 2.31. The molecule has 2 amide bonds. The number of hydrogen-bond donors (Lipinski definition) is 2. The molecule has 1 atom stereocenters. The van der Waals surface area contributed by atoms with Crippen LogP contribution in [0.2, 0.25) is 0 Å². The van der Waals surface area contributed by atoms with Crippen molar-refractivity contribution in [1.82, 2.24) is 15.1 Å². The third-order valence-corrected chi connectivity index (χ3v) is 6.74. The predicted octanol–water partition coefficient (Wildman–Crippen LogP) is 3.50. The highest BCUT2D eigenvalue weighted by atomic mass is 16.5. The second-order valence-corrected chi connectivity index (χ2v) is 9.62. The molecule has 184 valence electrons. The van der Waals surface area contributed by atoms with Crippen LogP contribution in [0.25, 0.3) is 0 Å². The van der Waals surface area contributed by atoms with E-state index in [1.165, 1.54) is 11.1 Å². The molecule has 0 spiro atoms. The Morgan fingerprint density at radius 3 is 2.59 bits per heavy atom. The topological polar surface area (TPSA) is 74.3 Å². The molecule has 2 saturated heterocycles. The number of hydrogen-bond acceptors (Lipinski definition) is 5. The van der Waals surface area contributed by atoms with Gasteiger partial charge < -0.3 is 24.8 Å². The molecule has 0 bridgehead atoms. The lowest BCUT2D eigenvalue weighted by Gasteiger charge is -2.27. The van der Waals surface area contributed by atoms with Gasteiger partial charge in [-0.05, 0) is 69.0 Å². The average Bonchev–Trinajstić information content (AvgIpc) is 3.13. The number of carbonyl (C=O) groups is 1. The maximum atomic E-state index is 11.6. The molecule has 2 aliphatic heterocycles. The van der Waals surface area contributed by atoms with E-state index < -0.39 is 5.60 Å². The van der Waals surface area contributed by atoms with Gasteiger partial charge in [0.25, 0.3) is 0 Å². The largest absolute Gasteiger partial charge is 0.492 e. The first-order valence-corrected chi connectivity index (χ1v) is 12.3. The van der Waals surface area contributed by atoms with Crippen molar-refractivity contribution < 1.29 is 19.4 Å². The van der Waals surface area contributed by atoms with Crippen LogP contribution >= 0.6 is 0 Å². The van der Waals surface area contributed by atoms with Crippen LogP contribution in [0.1, 0.15) is 36.0 Å². The number of aryl methyl sites for hydroxylation is 2. The summed E-state index contributed by atoms with van der Waals surface area (Å²) in [6.07, 6.45) is 2.39. The van der Waals surface area contributed by atoms with E-state index >= 15 is 0 Å². The van der Waals surface area contributed by atoms with E-state index in [2.05, 4.69) is 35.3 Å². The Kier molecular flexibility index (Phi) is 7.95. The maximum Gasteiger partial charge on any atom is 0.317 e. The second-order valence-electron chi connectivity index (χ2n) is 9.62. The maximum absolute atomic E-state index is 11.6. The lowest BCUT2D eigenvalue weighted by molar-refractivity contribution is -0.0170. The molecule has 0 saturated carbocycles. The van der Waals surface area contributed by atoms with Gasteiger partial charge in [0, 0.05) is 26.2 Å². The van der Waals surface area contributed by atoms with Gasteiger partial charge in [0.1, 0.15) is 24.7 Å². The Balaban J connectivity index is 1.22. The Morgan fingerprint density at radius 1 is 1.03 bits per heavy atom. The van der Waals surface area contributed by atoms with E-state index in [-0.39, 0.29) is 6.03 Å². The van der Waals surface area contributed by atoms with Gasteiger partial charge in [0.2, 0.25) is 0 Å². The minimum Gasteiger partial charge on any atom is -0.492 e. The number of amides is 2. The zero-order valence-corrected chi connectivity index (χ0v) is 20.4. The summed E-state index contributed by atoms with van der Waals surface area (Å²) < 4.78 is 11.8. The number of urea groups is 1. The molecular formula is C27H37N3O4. The fourth-order valence-electron chi connectivity index (χ4n) is 4.66. The number of rotatable bonds is 9. The van der Waals surface area contributed by atoms with Crippen LogP contribution in [0.15, 0.2) is 42.5 Å². The fraction of sp³-hybridized carbons (Fsp3) is 0.519. The number of nitrogens with one attached hydrogen (secondary N) is 1. The molecule has 2 aromatic rings. The number of nitrogens with zero attached hydrogens (tertiary/aromatic N) is 2. The van der Waals surface area contributed by atoms with E-state index in [9.17, 15) is 9.90 Å². The quantitative estimate of drug-likeness (QED) is 0.591. The summed E-state index contributed by atoms with van der Waals surface area (Å²) in [5, 5.41) is 14.0. The van der Waals surface area contributed by atoms with Crippen LogP contribution in [0.4, 0.5) is 4.79 Å². The summed E-state index contributed by atoms with van der Waals surface area (Å²) in [7, 11) is 0. The van der Waals surface area contributed by atoms with Crippen molar-refractivity contribution in [3.05, 3.63) is 59.2 Å². The molecule has 0 aromatic heterocycles. The molecule has 0 radical (unpaired) electrons. The average molecular weight is 468 g/mol. The third-order valence-electron chi connectivity index (χ3n) is 6.74. The Morgan fingerprint density at radius 2 is 1.85 bits per heavy atom. The number of carbonyl (C=O) groups excluding carboxylic acids is 1. The Bertz CT molecular complexity index is 965. The van der Waals surface area contributed by atoms with E-state index in [1.54, 1.807) is 4.90 Å². The summed E-state index contributed by atoms with van der Waals surface area (Å²) in [5.41, 5.74) is 2.75. The Hall–Kier alpha value is -2.77. The zero-order chi connectivity index (χ0) is 24.0. The lowest BCUT2D eigenvalue weighted by atomic mass is 9.96. The first-order chi connectivity index (χ1) is 16.4. The van der Waals surface area contributed by atoms with Gasteiger partial charge in [-0.2, -0.15) is 0 Å². The number of likely N-dealkylation sites (tertiary alicyclic amines) is 1. The van der Waals surface area contributed by atoms with E-state index in [0.717, 1.165) is 56.1 Å². The number of benzene rings is 2. The summed E-state index contributed by atoms with van der Waals surface area (Å²) in [5.74, 6) is 1.67. The minimum atomic E-state index is -0.796. The molecule has 2 fully saturated rings. The highest BCUT2D eigenvalue weighted by molar-refractivity contribution is 5.76. The van der Waals surface area contributed by atoms with Crippen molar-refractivity contribution in [3.63, 3.8) is 0 Å². The summed E-state index contributed by atoms with van der Waals surface area (Å²) in [6, 6.07) is 14.3. The van der Waals surface area contributed by atoms with Crippen LogP contribution < -0.4 is 14.8 Å². The molecule has 2 heterocycles. The van der Waals surface area contributed by atoms with E-state index in [4.69, 9.17) is 9.47 Å². The molecule has 34 heavy (non-hydrogen) atoms. The van der Waals surface area contributed by atoms with Crippen molar-refractivity contribution in [1.29, 1.82) is 0 Å². The van der Waals surface area contributed by atoms with Gasteiger partial charge in [-0.15, -0.1) is 0 Å².